The molecule has 2 rings (SSSR count). The second-order valence-corrected chi connectivity index (χ2v) is 7.13. The minimum absolute atomic E-state index is 0.103. The molecule has 0 unspecified atom stereocenters. The number of nitrogens with two attached hydrogens (primary N) is 1. The van der Waals surface area contributed by atoms with Crippen LogP contribution in [0.1, 0.15) is 31.4 Å². The lowest BCUT2D eigenvalue weighted by Gasteiger charge is -2.19. The Labute approximate surface area is 145 Å². The number of hydrogen-bond acceptors (Lipinski definition) is 5. The van der Waals surface area contributed by atoms with Crippen molar-refractivity contribution in [2.75, 3.05) is 5.75 Å². The molecule has 3 N–H and O–H groups in total. The maximum atomic E-state index is 12.0. The summed E-state index contributed by atoms with van der Waals surface area (Å²) in [6.07, 6.45) is 2.34. The SMILES string of the molecule is CC(C)[C@@H](OC(=O)CSc1ccc2c(c1)CCC2)C(=O)NC(N)=O. The van der Waals surface area contributed by atoms with Crippen molar-refractivity contribution in [3.63, 3.8) is 0 Å². The van der Waals surface area contributed by atoms with Crippen LogP contribution in [0.2, 0.25) is 0 Å². The van der Waals surface area contributed by atoms with Crippen molar-refractivity contribution in [3.8, 4) is 0 Å². The predicted molar refractivity (Wildman–Crippen MR) is 91.6 cm³/mol. The molecule has 0 heterocycles. The third kappa shape index (κ3) is 4.99. The van der Waals surface area contributed by atoms with Crippen LogP contribution in [0.15, 0.2) is 23.1 Å². The van der Waals surface area contributed by atoms with Gasteiger partial charge in [-0.3, -0.25) is 14.9 Å². The van der Waals surface area contributed by atoms with Gasteiger partial charge in [-0.2, -0.15) is 0 Å². The van der Waals surface area contributed by atoms with E-state index in [2.05, 4.69) is 12.1 Å². The molecular weight excluding hydrogens is 328 g/mol. The van der Waals surface area contributed by atoms with Gasteiger partial charge in [0, 0.05) is 4.90 Å². The van der Waals surface area contributed by atoms with Crippen molar-refractivity contribution >= 4 is 29.7 Å². The van der Waals surface area contributed by atoms with Gasteiger partial charge >= 0.3 is 12.0 Å². The molecule has 0 saturated carbocycles. The highest BCUT2D eigenvalue weighted by Crippen LogP contribution is 2.27. The molecule has 130 valence electrons. The number of imide groups is 1. The summed E-state index contributed by atoms with van der Waals surface area (Å²) < 4.78 is 5.21. The number of carbonyl (C=O) groups is 3. The minimum Gasteiger partial charge on any atom is -0.451 e. The number of rotatable bonds is 6. The van der Waals surface area contributed by atoms with Gasteiger partial charge in [-0.05, 0) is 48.4 Å². The highest BCUT2D eigenvalue weighted by molar-refractivity contribution is 8.00. The van der Waals surface area contributed by atoms with E-state index in [4.69, 9.17) is 10.5 Å². The Morgan fingerprint density at radius 2 is 1.96 bits per heavy atom. The zero-order chi connectivity index (χ0) is 17.7. The van der Waals surface area contributed by atoms with Crippen LogP contribution < -0.4 is 11.1 Å². The number of benzene rings is 1. The highest BCUT2D eigenvalue weighted by Gasteiger charge is 2.27. The maximum absolute atomic E-state index is 12.0. The predicted octanol–water partition coefficient (Wildman–Crippen LogP) is 2.03. The number of esters is 1. The molecule has 0 aliphatic heterocycles. The van der Waals surface area contributed by atoms with Crippen LogP contribution in [0.25, 0.3) is 0 Å². The molecule has 3 amide bonds. The van der Waals surface area contributed by atoms with Crippen molar-refractivity contribution in [2.24, 2.45) is 11.7 Å². The molecule has 7 heteroatoms. The van der Waals surface area contributed by atoms with Gasteiger partial charge in [0.1, 0.15) is 0 Å². The van der Waals surface area contributed by atoms with Gasteiger partial charge in [0.05, 0.1) is 5.75 Å². The lowest BCUT2D eigenvalue weighted by atomic mass is 10.1. The molecule has 1 aliphatic carbocycles. The van der Waals surface area contributed by atoms with Gasteiger partial charge in [-0.25, -0.2) is 4.79 Å². The van der Waals surface area contributed by atoms with E-state index in [1.165, 1.54) is 29.3 Å². The van der Waals surface area contributed by atoms with Crippen LogP contribution in [-0.2, 0) is 27.2 Å². The molecule has 0 aromatic heterocycles. The first-order valence-electron chi connectivity index (χ1n) is 7.91. The van der Waals surface area contributed by atoms with Crippen molar-refractivity contribution in [2.45, 2.75) is 44.1 Å². The molecule has 1 aromatic carbocycles. The van der Waals surface area contributed by atoms with Crippen LogP contribution in [0.5, 0.6) is 0 Å². The summed E-state index contributed by atoms with van der Waals surface area (Å²) in [5.74, 6) is -1.36. The summed E-state index contributed by atoms with van der Waals surface area (Å²) in [7, 11) is 0. The van der Waals surface area contributed by atoms with Crippen LogP contribution in [-0.4, -0.2) is 29.8 Å². The second-order valence-electron chi connectivity index (χ2n) is 6.08. The smallest absolute Gasteiger partial charge is 0.318 e. The lowest BCUT2D eigenvalue weighted by Crippen LogP contribution is -2.45. The first-order valence-corrected chi connectivity index (χ1v) is 8.89. The third-order valence-electron chi connectivity index (χ3n) is 3.80. The number of amides is 3. The van der Waals surface area contributed by atoms with E-state index in [1.54, 1.807) is 13.8 Å². The number of aryl methyl sites for hydroxylation is 2. The fourth-order valence-corrected chi connectivity index (χ4v) is 3.38. The zero-order valence-electron chi connectivity index (χ0n) is 13.8. The van der Waals surface area contributed by atoms with E-state index in [-0.39, 0.29) is 11.7 Å². The van der Waals surface area contributed by atoms with Crippen molar-refractivity contribution < 1.29 is 19.1 Å². The van der Waals surface area contributed by atoms with Gasteiger partial charge in [0.15, 0.2) is 6.10 Å². The monoisotopic (exact) mass is 350 g/mol. The molecular formula is C17H22N2O4S. The fraction of sp³-hybridized carbons (Fsp3) is 0.471. The van der Waals surface area contributed by atoms with E-state index in [9.17, 15) is 14.4 Å². The van der Waals surface area contributed by atoms with Gasteiger partial charge in [-0.15, -0.1) is 11.8 Å². The van der Waals surface area contributed by atoms with Gasteiger partial charge < -0.3 is 10.5 Å². The average molecular weight is 350 g/mol. The zero-order valence-corrected chi connectivity index (χ0v) is 14.7. The number of thioether (sulfide) groups is 1. The van der Waals surface area contributed by atoms with Crippen LogP contribution >= 0.6 is 11.8 Å². The number of urea groups is 1. The summed E-state index contributed by atoms with van der Waals surface area (Å²) in [6.45, 7) is 3.46. The summed E-state index contributed by atoms with van der Waals surface area (Å²) in [4.78, 5) is 35.6. The standard InChI is InChI=1S/C17H22N2O4S/c1-10(2)15(16(21)19-17(18)22)23-14(20)9-24-13-7-6-11-4-3-5-12(11)8-13/h6-8,10,15H,3-5,9H2,1-2H3,(H3,18,19,21,22)/t15-/m1/s1. The largest absolute Gasteiger partial charge is 0.451 e. The van der Waals surface area contributed by atoms with E-state index in [1.807, 2.05) is 11.4 Å². The first kappa shape index (κ1) is 18.3. The highest BCUT2D eigenvalue weighted by atomic mass is 32.2. The van der Waals surface area contributed by atoms with Crippen molar-refractivity contribution in [1.82, 2.24) is 5.32 Å². The fourth-order valence-electron chi connectivity index (χ4n) is 2.64. The molecule has 1 aromatic rings. The number of fused-ring (bicyclic) bond motifs is 1. The number of primary amides is 1. The van der Waals surface area contributed by atoms with Crippen molar-refractivity contribution in [1.29, 1.82) is 0 Å². The quantitative estimate of drug-likeness (QED) is 0.604. The summed E-state index contributed by atoms with van der Waals surface area (Å²) in [5, 5.41) is 1.95. The van der Waals surface area contributed by atoms with Gasteiger partial charge in [0.2, 0.25) is 0 Å². The molecule has 0 saturated heterocycles. The molecule has 0 radical (unpaired) electrons. The van der Waals surface area contributed by atoms with Crippen LogP contribution in [0, 0.1) is 5.92 Å². The summed E-state index contributed by atoms with van der Waals surface area (Å²) in [5.41, 5.74) is 7.65. The Morgan fingerprint density at radius 1 is 1.25 bits per heavy atom. The van der Waals surface area contributed by atoms with E-state index < -0.39 is 24.0 Å². The lowest BCUT2D eigenvalue weighted by molar-refractivity contribution is -0.155. The Balaban J connectivity index is 1.89. The molecule has 1 aliphatic rings. The van der Waals surface area contributed by atoms with Gasteiger partial charge in [0.25, 0.3) is 5.91 Å². The Bertz CT molecular complexity index is 645. The molecule has 0 fully saturated rings. The Morgan fingerprint density at radius 3 is 2.62 bits per heavy atom. The average Bonchev–Trinajstić information content (AvgIpc) is 2.97. The minimum atomic E-state index is -1.04. The first-order chi connectivity index (χ1) is 11.4. The normalized spacial score (nSPS) is 14.1. The maximum Gasteiger partial charge on any atom is 0.318 e. The third-order valence-corrected chi connectivity index (χ3v) is 4.76. The van der Waals surface area contributed by atoms with E-state index in [0.717, 1.165) is 17.7 Å². The molecule has 1 atom stereocenters. The number of carbonyl (C=O) groups excluding carboxylic acids is 3. The summed E-state index contributed by atoms with van der Waals surface area (Å²) in [6, 6.07) is 5.25. The van der Waals surface area contributed by atoms with Gasteiger partial charge in [-0.1, -0.05) is 19.9 Å². The number of ether oxygens (including phenoxy) is 1. The summed E-state index contributed by atoms with van der Waals surface area (Å²) >= 11 is 1.38. The van der Waals surface area contributed by atoms with E-state index in [0.29, 0.717) is 0 Å². The Hall–Kier alpha value is -2.02. The number of hydrogen-bond donors (Lipinski definition) is 2. The van der Waals surface area contributed by atoms with Crippen LogP contribution in [0.4, 0.5) is 4.79 Å². The second kappa shape index (κ2) is 8.19. The molecule has 6 nitrogen and oxygen atoms in total. The Kier molecular flexibility index (Phi) is 6.25. The van der Waals surface area contributed by atoms with Crippen LogP contribution in [0.3, 0.4) is 0 Å². The molecule has 0 spiro atoms. The molecule has 24 heavy (non-hydrogen) atoms. The van der Waals surface area contributed by atoms with E-state index >= 15 is 0 Å². The molecule has 0 bridgehead atoms. The van der Waals surface area contributed by atoms with Crippen molar-refractivity contribution in [3.05, 3.63) is 29.3 Å². The number of nitrogens with one attached hydrogen (secondary N) is 1. The topological polar surface area (TPSA) is 98.5 Å².